The summed E-state index contributed by atoms with van der Waals surface area (Å²) in [6, 6.07) is 3.95. The highest BCUT2D eigenvalue weighted by atomic mass is 32.2. The molecule has 1 saturated carbocycles. The summed E-state index contributed by atoms with van der Waals surface area (Å²) in [6.07, 6.45) is 6.00. The van der Waals surface area contributed by atoms with Crippen LogP contribution in [0.25, 0.3) is 11.1 Å². The Morgan fingerprint density at radius 3 is 2.42 bits per heavy atom. The highest BCUT2D eigenvalue weighted by molar-refractivity contribution is 7.89. The monoisotopic (exact) mass is 546 g/mol. The fourth-order valence-corrected chi connectivity index (χ4v) is 6.12. The molecular formula is C28H42N4O5S. The molecule has 2 aromatic rings. The van der Waals surface area contributed by atoms with Gasteiger partial charge in [-0.05, 0) is 45.1 Å². The molecule has 10 heteroatoms. The number of nitrogens with one attached hydrogen (secondary N) is 1. The molecule has 0 spiro atoms. The van der Waals surface area contributed by atoms with Gasteiger partial charge in [-0.3, -0.25) is 9.59 Å². The third-order valence-electron chi connectivity index (χ3n) is 7.86. The van der Waals surface area contributed by atoms with E-state index in [0.717, 1.165) is 29.6 Å². The maximum Gasteiger partial charge on any atom is 0.290 e. The molecule has 2 aliphatic rings. The second kappa shape index (κ2) is 10.6. The maximum atomic E-state index is 13.7. The van der Waals surface area contributed by atoms with Crippen LogP contribution in [0.15, 0.2) is 16.5 Å². The molecule has 0 atom stereocenters. The number of carbonyl (C=O) groups is 2. The fourth-order valence-electron chi connectivity index (χ4n) is 5.57. The Hall–Kier alpha value is -2.46. The van der Waals surface area contributed by atoms with E-state index in [2.05, 4.69) is 31.6 Å². The number of furan rings is 1. The molecule has 0 radical (unpaired) electrons. The van der Waals surface area contributed by atoms with Gasteiger partial charge in [-0.2, -0.15) is 0 Å². The van der Waals surface area contributed by atoms with Crippen molar-refractivity contribution in [3.05, 3.63) is 29.2 Å². The lowest BCUT2D eigenvalue weighted by atomic mass is 9.82. The van der Waals surface area contributed by atoms with Crippen LogP contribution in [0.4, 0.5) is 0 Å². The van der Waals surface area contributed by atoms with E-state index < -0.39 is 15.6 Å². The number of aromatic nitrogens is 1. The topological polar surface area (TPSA) is 113 Å². The van der Waals surface area contributed by atoms with E-state index in [1.807, 2.05) is 13.8 Å². The van der Waals surface area contributed by atoms with Crippen LogP contribution in [0.1, 0.15) is 101 Å². The second-order valence-corrected chi connectivity index (χ2v) is 14.4. The summed E-state index contributed by atoms with van der Waals surface area (Å²) >= 11 is 0. The first kappa shape index (κ1) is 28.5. The number of hydrogen-bond donors (Lipinski definition) is 1. The van der Waals surface area contributed by atoms with E-state index in [0.29, 0.717) is 31.1 Å². The van der Waals surface area contributed by atoms with E-state index >= 15 is 0 Å². The van der Waals surface area contributed by atoms with Gasteiger partial charge in [0.15, 0.2) is 11.3 Å². The SMILES string of the molecule is CCS(=O)(=O)NCC(=O)N1CCN(C(=O)c2cc3nc(C4CCCCC4)cc(C(C)(C)C)c3o2)C(C)(C)C1. The Balaban J connectivity index is 1.57. The zero-order valence-electron chi connectivity index (χ0n) is 23.6. The molecule has 1 aliphatic carbocycles. The summed E-state index contributed by atoms with van der Waals surface area (Å²) in [4.78, 5) is 34.7. The van der Waals surface area contributed by atoms with Gasteiger partial charge < -0.3 is 14.2 Å². The minimum Gasteiger partial charge on any atom is -0.449 e. The van der Waals surface area contributed by atoms with E-state index in [4.69, 9.17) is 9.40 Å². The van der Waals surface area contributed by atoms with Gasteiger partial charge in [0.05, 0.1) is 17.8 Å². The minimum absolute atomic E-state index is 0.0838. The number of piperazine rings is 1. The number of amides is 2. The first-order chi connectivity index (χ1) is 17.7. The minimum atomic E-state index is -3.46. The van der Waals surface area contributed by atoms with Crippen LogP contribution >= 0.6 is 0 Å². The van der Waals surface area contributed by atoms with E-state index in [-0.39, 0.29) is 35.3 Å². The average molecular weight is 547 g/mol. The molecule has 3 heterocycles. The molecule has 1 aliphatic heterocycles. The summed E-state index contributed by atoms with van der Waals surface area (Å²) < 4.78 is 32.0. The standard InChI is InChI=1S/C28H42N4O5S/c1-7-38(35,36)29-17-24(33)31-13-14-32(28(5,6)18-31)26(34)23-16-22-25(37-23)20(27(2,3)4)15-21(30-22)19-11-9-8-10-12-19/h15-16,19,29H,7-14,17-18H2,1-6H3. The number of sulfonamides is 1. The van der Waals surface area contributed by atoms with Gasteiger partial charge in [-0.15, -0.1) is 0 Å². The van der Waals surface area contributed by atoms with Crippen LogP contribution in [0.3, 0.4) is 0 Å². The first-order valence-corrected chi connectivity index (χ1v) is 15.4. The lowest BCUT2D eigenvalue weighted by Crippen LogP contribution is -2.62. The number of fused-ring (bicyclic) bond motifs is 1. The molecule has 38 heavy (non-hydrogen) atoms. The summed E-state index contributed by atoms with van der Waals surface area (Å²) in [5, 5.41) is 0. The van der Waals surface area contributed by atoms with E-state index in [1.165, 1.54) is 26.2 Å². The van der Waals surface area contributed by atoms with Crippen molar-refractivity contribution in [3.63, 3.8) is 0 Å². The summed E-state index contributed by atoms with van der Waals surface area (Å²) in [7, 11) is -3.46. The summed E-state index contributed by atoms with van der Waals surface area (Å²) in [5.74, 6) is 0.0718. The number of hydrogen-bond acceptors (Lipinski definition) is 6. The molecule has 2 amide bonds. The Morgan fingerprint density at radius 1 is 1.13 bits per heavy atom. The van der Waals surface area contributed by atoms with Gasteiger partial charge in [0.2, 0.25) is 15.9 Å². The van der Waals surface area contributed by atoms with Crippen LogP contribution in [0, 0.1) is 0 Å². The van der Waals surface area contributed by atoms with Crippen molar-refractivity contribution in [2.45, 2.75) is 90.5 Å². The van der Waals surface area contributed by atoms with Crippen molar-refractivity contribution < 1.29 is 22.4 Å². The molecular weight excluding hydrogens is 504 g/mol. The molecule has 0 aromatic carbocycles. The third kappa shape index (κ3) is 6.06. The summed E-state index contributed by atoms with van der Waals surface area (Å²) in [6.45, 7) is 12.4. The third-order valence-corrected chi connectivity index (χ3v) is 9.21. The Morgan fingerprint density at radius 2 is 1.82 bits per heavy atom. The highest BCUT2D eigenvalue weighted by Crippen LogP contribution is 2.38. The predicted octanol–water partition coefficient (Wildman–Crippen LogP) is 4.18. The highest BCUT2D eigenvalue weighted by Gasteiger charge is 2.40. The number of rotatable bonds is 6. The van der Waals surface area contributed by atoms with Crippen molar-refractivity contribution in [2.24, 2.45) is 0 Å². The van der Waals surface area contributed by atoms with Crippen molar-refractivity contribution in [1.29, 1.82) is 0 Å². The Bertz CT molecular complexity index is 1300. The van der Waals surface area contributed by atoms with Gasteiger partial charge in [0, 0.05) is 42.9 Å². The van der Waals surface area contributed by atoms with Crippen LogP contribution < -0.4 is 4.72 Å². The van der Waals surface area contributed by atoms with E-state index in [9.17, 15) is 18.0 Å². The zero-order valence-corrected chi connectivity index (χ0v) is 24.4. The molecule has 4 rings (SSSR count). The quantitative estimate of drug-likeness (QED) is 0.582. The number of pyridine rings is 1. The van der Waals surface area contributed by atoms with E-state index in [1.54, 1.807) is 15.9 Å². The van der Waals surface area contributed by atoms with Crippen LogP contribution in [-0.4, -0.2) is 72.5 Å². The van der Waals surface area contributed by atoms with Gasteiger partial charge in [-0.25, -0.2) is 18.1 Å². The lowest BCUT2D eigenvalue weighted by molar-refractivity contribution is -0.134. The number of carbonyl (C=O) groups excluding carboxylic acids is 2. The molecule has 210 valence electrons. The van der Waals surface area contributed by atoms with Gasteiger partial charge in [-0.1, -0.05) is 40.0 Å². The van der Waals surface area contributed by atoms with Gasteiger partial charge in [0.25, 0.3) is 5.91 Å². The summed E-state index contributed by atoms with van der Waals surface area (Å²) in [5.41, 5.74) is 2.69. The Labute approximate surface area is 226 Å². The van der Waals surface area contributed by atoms with Crippen molar-refractivity contribution in [2.75, 3.05) is 31.9 Å². The average Bonchev–Trinajstić information content (AvgIpc) is 3.30. The molecule has 0 bridgehead atoms. The molecule has 2 aromatic heterocycles. The zero-order chi connectivity index (χ0) is 27.9. The first-order valence-electron chi connectivity index (χ1n) is 13.7. The number of nitrogens with zero attached hydrogens (tertiary/aromatic N) is 3. The maximum absolute atomic E-state index is 13.7. The largest absolute Gasteiger partial charge is 0.449 e. The molecule has 0 unspecified atom stereocenters. The van der Waals surface area contributed by atoms with Crippen molar-refractivity contribution >= 4 is 32.9 Å². The second-order valence-electron chi connectivity index (χ2n) is 12.3. The van der Waals surface area contributed by atoms with Crippen LogP contribution in [0.5, 0.6) is 0 Å². The predicted molar refractivity (Wildman–Crippen MR) is 148 cm³/mol. The molecule has 1 saturated heterocycles. The van der Waals surface area contributed by atoms with Crippen molar-refractivity contribution in [1.82, 2.24) is 19.5 Å². The lowest BCUT2D eigenvalue weighted by Gasteiger charge is -2.46. The Kier molecular flexibility index (Phi) is 7.96. The van der Waals surface area contributed by atoms with Gasteiger partial charge in [0.1, 0.15) is 5.52 Å². The fraction of sp³-hybridized carbons (Fsp3) is 0.679. The molecule has 9 nitrogen and oxygen atoms in total. The molecule has 2 fully saturated rings. The normalized spacial score (nSPS) is 19.2. The van der Waals surface area contributed by atoms with Crippen LogP contribution in [0.2, 0.25) is 0 Å². The smallest absolute Gasteiger partial charge is 0.290 e. The van der Waals surface area contributed by atoms with Crippen molar-refractivity contribution in [3.8, 4) is 0 Å². The molecule has 1 N–H and O–H groups in total. The van der Waals surface area contributed by atoms with Crippen LogP contribution in [-0.2, 0) is 20.2 Å². The van der Waals surface area contributed by atoms with Gasteiger partial charge >= 0.3 is 0 Å².